The molecule has 0 saturated heterocycles. The Bertz CT molecular complexity index is 783. The van der Waals surface area contributed by atoms with Crippen LogP contribution in [0, 0.1) is 17.3 Å². The molecule has 7 heteroatoms. The molecule has 1 fully saturated rings. The van der Waals surface area contributed by atoms with E-state index >= 15 is 0 Å². The topological polar surface area (TPSA) is 85.6 Å². The second-order valence-corrected chi connectivity index (χ2v) is 7.17. The number of imidazole rings is 1. The fourth-order valence-corrected chi connectivity index (χ4v) is 3.49. The Morgan fingerprint density at radius 3 is 2.88 bits per heavy atom. The summed E-state index contributed by atoms with van der Waals surface area (Å²) in [5, 5.41) is 7.57. The smallest absolute Gasteiger partial charge is 0.309 e. The second-order valence-electron chi connectivity index (χ2n) is 7.17. The van der Waals surface area contributed by atoms with Crippen LogP contribution in [-0.2, 0) is 14.3 Å². The first kappa shape index (κ1) is 17.4. The molecule has 2 aromatic heterocycles. The van der Waals surface area contributed by atoms with Gasteiger partial charge in [0.1, 0.15) is 11.6 Å². The molecule has 0 aromatic carbocycles. The predicted molar refractivity (Wildman–Crippen MR) is 93.1 cm³/mol. The van der Waals surface area contributed by atoms with Gasteiger partial charge in [-0.25, -0.2) is 9.50 Å². The Labute approximate surface area is 146 Å². The Morgan fingerprint density at radius 1 is 1.36 bits per heavy atom. The summed E-state index contributed by atoms with van der Waals surface area (Å²) in [7, 11) is 0. The average Bonchev–Trinajstić information content (AvgIpc) is 3.00. The van der Waals surface area contributed by atoms with Gasteiger partial charge in [-0.1, -0.05) is 13.8 Å². The number of carbonyl (C=O) groups is 2. The van der Waals surface area contributed by atoms with E-state index in [1.165, 1.54) is 0 Å². The number of esters is 1. The number of rotatable bonds is 7. The van der Waals surface area contributed by atoms with Crippen LogP contribution in [0.15, 0.2) is 24.5 Å². The number of hydrogen-bond donors (Lipinski definition) is 1. The van der Waals surface area contributed by atoms with Crippen molar-refractivity contribution in [2.75, 3.05) is 18.5 Å². The van der Waals surface area contributed by atoms with Crippen molar-refractivity contribution >= 4 is 23.2 Å². The van der Waals surface area contributed by atoms with Crippen LogP contribution in [0.4, 0.5) is 5.82 Å². The number of carbonyl (C=O) groups excluding carboxylic acids is 2. The van der Waals surface area contributed by atoms with Crippen LogP contribution in [0.3, 0.4) is 0 Å². The molecule has 7 nitrogen and oxygen atoms in total. The van der Waals surface area contributed by atoms with Crippen molar-refractivity contribution in [2.45, 2.75) is 33.6 Å². The standard InChI is InChI=1S/C18H24N4O3/c1-12(23)13-11-14(18(13,2)3)17(24)25-10-4-7-19-15-5-6-16-20-8-9-22(16)21-15/h5-6,8-9,13-14H,4,7,10-11H2,1-3H3,(H,19,21)/t13-,14+/m0/s1. The Hall–Kier alpha value is -2.44. The number of anilines is 1. The van der Waals surface area contributed by atoms with E-state index in [0.29, 0.717) is 26.0 Å². The highest BCUT2D eigenvalue weighted by atomic mass is 16.5. The summed E-state index contributed by atoms with van der Waals surface area (Å²) in [6.07, 6.45) is 4.79. The quantitative estimate of drug-likeness (QED) is 0.613. The maximum absolute atomic E-state index is 12.2. The summed E-state index contributed by atoms with van der Waals surface area (Å²) >= 11 is 0. The molecule has 0 amide bonds. The molecule has 0 radical (unpaired) electrons. The Balaban J connectivity index is 1.38. The molecule has 1 saturated carbocycles. The zero-order chi connectivity index (χ0) is 18.0. The summed E-state index contributed by atoms with van der Waals surface area (Å²) in [5.41, 5.74) is 0.497. The minimum Gasteiger partial charge on any atom is -0.465 e. The van der Waals surface area contributed by atoms with Crippen molar-refractivity contribution in [3.05, 3.63) is 24.5 Å². The molecule has 1 aliphatic carbocycles. The predicted octanol–water partition coefficient (Wildman–Crippen LogP) is 2.33. The number of nitrogens with zero attached hydrogens (tertiary/aromatic N) is 3. The lowest BCUT2D eigenvalue weighted by Crippen LogP contribution is -2.52. The summed E-state index contributed by atoms with van der Waals surface area (Å²) in [4.78, 5) is 27.9. The zero-order valence-electron chi connectivity index (χ0n) is 14.9. The van der Waals surface area contributed by atoms with E-state index in [9.17, 15) is 9.59 Å². The van der Waals surface area contributed by atoms with Crippen molar-refractivity contribution in [2.24, 2.45) is 17.3 Å². The van der Waals surface area contributed by atoms with Gasteiger partial charge in [0, 0.05) is 24.9 Å². The van der Waals surface area contributed by atoms with Gasteiger partial charge < -0.3 is 10.1 Å². The molecule has 1 N–H and O–H groups in total. The van der Waals surface area contributed by atoms with Gasteiger partial charge in [-0.3, -0.25) is 9.59 Å². The van der Waals surface area contributed by atoms with E-state index in [1.807, 2.05) is 26.0 Å². The molecule has 0 aliphatic heterocycles. The van der Waals surface area contributed by atoms with Crippen molar-refractivity contribution in [3.8, 4) is 0 Å². The third kappa shape index (κ3) is 3.50. The maximum Gasteiger partial charge on any atom is 0.309 e. The molecular formula is C18H24N4O3. The first-order valence-electron chi connectivity index (χ1n) is 8.61. The lowest BCUT2D eigenvalue weighted by Gasteiger charge is -2.49. The van der Waals surface area contributed by atoms with Crippen molar-refractivity contribution in [3.63, 3.8) is 0 Å². The molecule has 0 spiro atoms. The van der Waals surface area contributed by atoms with E-state index in [2.05, 4.69) is 15.4 Å². The van der Waals surface area contributed by atoms with Crippen molar-refractivity contribution in [1.82, 2.24) is 14.6 Å². The monoisotopic (exact) mass is 344 g/mol. The van der Waals surface area contributed by atoms with Gasteiger partial charge >= 0.3 is 5.97 Å². The van der Waals surface area contributed by atoms with Gasteiger partial charge in [0.05, 0.1) is 12.5 Å². The summed E-state index contributed by atoms with van der Waals surface area (Å²) in [6.45, 7) is 6.54. The molecule has 2 atom stereocenters. The van der Waals surface area contributed by atoms with Crippen LogP contribution in [0.5, 0.6) is 0 Å². The molecule has 2 heterocycles. The highest BCUT2D eigenvalue weighted by Gasteiger charge is 2.54. The molecule has 2 aromatic rings. The van der Waals surface area contributed by atoms with Gasteiger partial charge in [0.2, 0.25) is 0 Å². The average molecular weight is 344 g/mol. The molecule has 134 valence electrons. The molecule has 3 rings (SSSR count). The van der Waals surface area contributed by atoms with Crippen molar-refractivity contribution in [1.29, 1.82) is 0 Å². The second kappa shape index (κ2) is 6.82. The Morgan fingerprint density at radius 2 is 2.16 bits per heavy atom. The van der Waals surface area contributed by atoms with Crippen LogP contribution in [-0.4, -0.2) is 39.5 Å². The van der Waals surface area contributed by atoms with Gasteiger partial charge in [-0.05, 0) is 37.3 Å². The van der Waals surface area contributed by atoms with E-state index in [1.54, 1.807) is 23.8 Å². The van der Waals surface area contributed by atoms with E-state index in [4.69, 9.17) is 4.74 Å². The van der Waals surface area contributed by atoms with Crippen LogP contribution in [0.2, 0.25) is 0 Å². The first-order valence-corrected chi connectivity index (χ1v) is 8.61. The number of ether oxygens (including phenoxy) is 1. The van der Waals surface area contributed by atoms with E-state index in [0.717, 1.165) is 11.5 Å². The molecule has 1 aliphatic rings. The van der Waals surface area contributed by atoms with E-state index in [-0.39, 0.29) is 29.0 Å². The first-order chi connectivity index (χ1) is 11.9. The molecular weight excluding hydrogens is 320 g/mol. The number of hydrogen-bond acceptors (Lipinski definition) is 6. The lowest BCUT2D eigenvalue weighted by molar-refractivity contribution is -0.168. The minimum atomic E-state index is -0.300. The van der Waals surface area contributed by atoms with Crippen LogP contribution < -0.4 is 5.32 Å². The number of nitrogens with one attached hydrogen (secondary N) is 1. The van der Waals surface area contributed by atoms with Gasteiger partial charge in [-0.2, -0.15) is 0 Å². The Kier molecular flexibility index (Phi) is 4.74. The molecule has 0 unspecified atom stereocenters. The molecule has 0 bridgehead atoms. The van der Waals surface area contributed by atoms with E-state index < -0.39 is 0 Å². The van der Waals surface area contributed by atoms with Gasteiger partial charge in [-0.15, -0.1) is 5.10 Å². The lowest BCUT2D eigenvalue weighted by atomic mass is 9.53. The number of aromatic nitrogens is 3. The fourth-order valence-electron chi connectivity index (χ4n) is 3.49. The number of Topliss-reactive ketones (excluding diaryl/α,β-unsaturated/α-hetero) is 1. The zero-order valence-corrected chi connectivity index (χ0v) is 14.9. The van der Waals surface area contributed by atoms with Crippen LogP contribution in [0.1, 0.15) is 33.6 Å². The van der Waals surface area contributed by atoms with Crippen LogP contribution in [0.25, 0.3) is 5.65 Å². The highest BCUT2D eigenvalue weighted by molar-refractivity contribution is 5.85. The highest BCUT2D eigenvalue weighted by Crippen LogP contribution is 2.52. The SMILES string of the molecule is CC(=O)[C@@H]1C[C@H](C(=O)OCCCNc2ccc3nccn3n2)C1(C)C. The van der Waals surface area contributed by atoms with Gasteiger partial charge in [0.25, 0.3) is 0 Å². The van der Waals surface area contributed by atoms with Crippen LogP contribution >= 0.6 is 0 Å². The maximum atomic E-state index is 12.2. The number of ketones is 1. The summed E-state index contributed by atoms with van der Waals surface area (Å²) in [5.74, 6) is 0.498. The van der Waals surface area contributed by atoms with Crippen molar-refractivity contribution < 1.29 is 14.3 Å². The fraction of sp³-hybridized carbons (Fsp3) is 0.556. The summed E-state index contributed by atoms with van der Waals surface area (Å²) < 4.78 is 7.08. The molecule has 25 heavy (non-hydrogen) atoms. The summed E-state index contributed by atoms with van der Waals surface area (Å²) in [6, 6.07) is 3.76. The normalized spacial score (nSPS) is 21.6. The third-order valence-electron chi connectivity index (χ3n) is 5.17. The third-order valence-corrected chi connectivity index (χ3v) is 5.17. The largest absolute Gasteiger partial charge is 0.465 e. The minimum absolute atomic E-state index is 0.0316. The van der Waals surface area contributed by atoms with Gasteiger partial charge in [0.15, 0.2) is 5.65 Å². The number of fused-ring (bicyclic) bond motifs is 1.